The highest BCUT2D eigenvalue weighted by molar-refractivity contribution is 6.05. The lowest BCUT2D eigenvalue weighted by Crippen LogP contribution is -2.52. The van der Waals surface area contributed by atoms with Gasteiger partial charge in [0.2, 0.25) is 11.8 Å². The molecule has 3 amide bonds. The van der Waals surface area contributed by atoms with Crippen LogP contribution in [0.25, 0.3) is 0 Å². The number of carbonyl (C=O) groups is 3. The molecule has 28 heavy (non-hydrogen) atoms. The van der Waals surface area contributed by atoms with Crippen LogP contribution in [0.2, 0.25) is 0 Å². The predicted octanol–water partition coefficient (Wildman–Crippen LogP) is 3.25. The van der Waals surface area contributed by atoms with Crippen molar-refractivity contribution in [3.8, 4) is 0 Å². The highest BCUT2D eigenvalue weighted by Crippen LogP contribution is 2.36. The van der Waals surface area contributed by atoms with Crippen molar-refractivity contribution in [1.82, 2.24) is 10.2 Å². The minimum atomic E-state index is -0.564. The molecular weight excluding hydrogens is 356 g/mol. The molecule has 2 fully saturated rings. The fourth-order valence-corrected chi connectivity index (χ4v) is 4.58. The Bertz CT molecular complexity index is 791. The van der Waals surface area contributed by atoms with Crippen LogP contribution in [0.1, 0.15) is 85.9 Å². The molecule has 3 atom stereocenters. The molecule has 1 aromatic rings. The zero-order valence-electron chi connectivity index (χ0n) is 16.4. The molecule has 3 aliphatic rings. The van der Waals surface area contributed by atoms with Gasteiger partial charge in [0, 0.05) is 18.5 Å². The Morgan fingerprint density at radius 3 is 2.82 bits per heavy atom. The maximum atomic E-state index is 12.8. The van der Waals surface area contributed by atoms with Crippen LogP contribution in [0, 0.1) is 0 Å². The first-order valence-electron chi connectivity index (χ1n) is 10.5. The number of carbonyl (C=O) groups excluding carboxylic acids is 3. The quantitative estimate of drug-likeness (QED) is 0.791. The van der Waals surface area contributed by atoms with Crippen LogP contribution in [-0.2, 0) is 20.9 Å². The average molecular weight is 384 g/mol. The molecule has 4 rings (SSSR count). The van der Waals surface area contributed by atoms with Gasteiger partial charge < -0.3 is 9.64 Å². The van der Waals surface area contributed by atoms with Crippen LogP contribution in [0.5, 0.6) is 0 Å². The summed E-state index contributed by atoms with van der Waals surface area (Å²) in [6.45, 7) is 2.62. The minimum Gasteiger partial charge on any atom is -0.370 e. The largest absolute Gasteiger partial charge is 0.370 e. The smallest absolute Gasteiger partial charge is 0.255 e. The monoisotopic (exact) mass is 384 g/mol. The number of benzene rings is 1. The molecule has 1 unspecified atom stereocenters. The van der Waals surface area contributed by atoms with Gasteiger partial charge in [-0.15, -0.1) is 0 Å². The van der Waals surface area contributed by atoms with E-state index >= 15 is 0 Å². The van der Waals surface area contributed by atoms with E-state index in [-0.39, 0.29) is 30.2 Å². The Balaban J connectivity index is 1.48. The number of ether oxygens (including phenoxy) is 1. The van der Waals surface area contributed by atoms with Crippen molar-refractivity contribution >= 4 is 17.7 Å². The molecule has 1 N–H and O–H groups in total. The molecule has 0 saturated carbocycles. The number of rotatable bonds is 5. The first-order chi connectivity index (χ1) is 13.6. The number of amides is 3. The summed E-state index contributed by atoms with van der Waals surface area (Å²) in [5.41, 5.74) is 2.73. The van der Waals surface area contributed by atoms with Crippen LogP contribution in [0.15, 0.2) is 18.2 Å². The Hall–Kier alpha value is -2.21. The number of hydrogen-bond acceptors (Lipinski definition) is 4. The van der Waals surface area contributed by atoms with Gasteiger partial charge in [-0.05, 0) is 49.3 Å². The summed E-state index contributed by atoms with van der Waals surface area (Å²) in [5.74, 6) is -0.756. The van der Waals surface area contributed by atoms with Gasteiger partial charge in [-0.25, -0.2) is 0 Å². The van der Waals surface area contributed by atoms with E-state index in [0.717, 1.165) is 36.8 Å². The Morgan fingerprint density at radius 1 is 1.18 bits per heavy atom. The first-order valence-corrected chi connectivity index (χ1v) is 10.5. The second kappa shape index (κ2) is 8.03. The SMILES string of the molecule is CCCC[C@H]1CCC[C@H](c2ccc3c(c2)CN(C2CCC(=O)NC2=O)C3=O)O1. The zero-order valence-corrected chi connectivity index (χ0v) is 16.4. The maximum Gasteiger partial charge on any atom is 0.255 e. The molecule has 3 aliphatic heterocycles. The van der Waals surface area contributed by atoms with Crippen molar-refractivity contribution in [2.24, 2.45) is 0 Å². The zero-order chi connectivity index (χ0) is 19.7. The number of unbranched alkanes of at least 4 members (excludes halogenated alkanes) is 1. The van der Waals surface area contributed by atoms with Crippen LogP contribution in [-0.4, -0.2) is 34.8 Å². The molecule has 1 aromatic carbocycles. The van der Waals surface area contributed by atoms with E-state index < -0.39 is 6.04 Å². The van der Waals surface area contributed by atoms with E-state index in [9.17, 15) is 14.4 Å². The summed E-state index contributed by atoms with van der Waals surface area (Å²) < 4.78 is 6.33. The molecule has 150 valence electrons. The van der Waals surface area contributed by atoms with Crippen LogP contribution in [0.4, 0.5) is 0 Å². The van der Waals surface area contributed by atoms with Crippen molar-refractivity contribution in [1.29, 1.82) is 0 Å². The average Bonchev–Trinajstić information content (AvgIpc) is 3.02. The summed E-state index contributed by atoms with van der Waals surface area (Å²) in [6, 6.07) is 5.38. The molecule has 0 aromatic heterocycles. The minimum absolute atomic E-state index is 0.0839. The van der Waals surface area contributed by atoms with Gasteiger partial charge in [0.05, 0.1) is 12.2 Å². The third kappa shape index (κ3) is 3.70. The highest BCUT2D eigenvalue weighted by atomic mass is 16.5. The number of imide groups is 1. The van der Waals surface area contributed by atoms with E-state index in [4.69, 9.17) is 4.74 Å². The summed E-state index contributed by atoms with van der Waals surface area (Å²) in [7, 11) is 0. The molecular formula is C22H28N2O4. The Labute approximate surface area is 165 Å². The van der Waals surface area contributed by atoms with Gasteiger partial charge in [0.1, 0.15) is 6.04 Å². The molecule has 0 bridgehead atoms. The summed E-state index contributed by atoms with van der Waals surface area (Å²) in [5, 5.41) is 2.35. The maximum absolute atomic E-state index is 12.8. The van der Waals surface area contributed by atoms with Crippen LogP contribution in [0.3, 0.4) is 0 Å². The van der Waals surface area contributed by atoms with Gasteiger partial charge in [-0.2, -0.15) is 0 Å². The summed E-state index contributed by atoms with van der Waals surface area (Å²) in [6.07, 6.45) is 7.86. The van der Waals surface area contributed by atoms with Gasteiger partial charge in [0.15, 0.2) is 0 Å². The summed E-state index contributed by atoms with van der Waals surface area (Å²) in [4.78, 5) is 38.0. The summed E-state index contributed by atoms with van der Waals surface area (Å²) >= 11 is 0. The molecule has 0 radical (unpaired) electrons. The molecule has 0 spiro atoms. The second-order valence-corrected chi connectivity index (χ2v) is 8.14. The van der Waals surface area contributed by atoms with Crippen LogP contribution >= 0.6 is 0 Å². The van der Waals surface area contributed by atoms with E-state index in [0.29, 0.717) is 24.6 Å². The number of nitrogens with zero attached hydrogens (tertiary/aromatic N) is 1. The fourth-order valence-electron chi connectivity index (χ4n) is 4.58. The van der Waals surface area contributed by atoms with E-state index in [1.165, 1.54) is 12.8 Å². The number of nitrogens with one attached hydrogen (secondary N) is 1. The normalized spacial score (nSPS) is 27.7. The Kier molecular flexibility index (Phi) is 5.49. The van der Waals surface area contributed by atoms with E-state index in [1.54, 1.807) is 4.90 Å². The van der Waals surface area contributed by atoms with Gasteiger partial charge >= 0.3 is 0 Å². The van der Waals surface area contributed by atoms with Gasteiger partial charge in [-0.1, -0.05) is 31.9 Å². The number of fused-ring (bicyclic) bond motifs is 1. The molecule has 6 heteroatoms. The van der Waals surface area contributed by atoms with Crippen molar-refractivity contribution in [3.05, 3.63) is 34.9 Å². The third-order valence-electron chi connectivity index (χ3n) is 6.15. The standard InChI is InChI=1S/C22H28N2O4/c1-2-3-5-16-6-4-7-19(28-16)14-8-9-17-15(12-14)13-24(22(17)27)18-10-11-20(25)23-21(18)26/h8-9,12,16,18-19H,2-7,10-11,13H2,1H3,(H,23,25,26)/t16-,18?,19+/m0/s1. The lowest BCUT2D eigenvalue weighted by molar-refractivity contribution is -0.136. The lowest BCUT2D eigenvalue weighted by Gasteiger charge is -2.30. The third-order valence-corrected chi connectivity index (χ3v) is 6.15. The molecule has 6 nitrogen and oxygen atoms in total. The van der Waals surface area contributed by atoms with E-state index in [2.05, 4.69) is 18.3 Å². The molecule has 2 saturated heterocycles. The van der Waals surface area contributed by atoms with Gasteiger partial charge in [-0.3, -0.25) is 19.7 Å². The van der Waals surface area contributed by atoms with Crippen molar-refractivity contribution in [3.63, 3.8) is 0 Å². The van der Waals surface area contributed by atoms with Crippen molar-refractivity contribution in [2.45, 2.75) is 83.1 Å². The van der Waals surface area contributed by atoms with E-state index in [1.807, 2.05) is 12.1 Å². The Morgan fingerprint density at radius 2 is 2.04 bits per heavy atom. The van der Waals surface area contributed by atoms with Crippen molar-refractivity contribution in [2.75, 3.05) is 0 Å². The first kappa shape index (κ1) is 19.1. The second-order valence-electron chi connectivity index (χ2n) is 8.14. The molecule has 0 aliphatic carbocycles. The van der Waals surface area contributed by atoms with Crippen LogP contribution < -0.4 is 5.32 Å². The van der Waals surface area contributed by atoms with Crippen molar-refractivity contribution < 1.29 is 19.1 Å². The number of hydrogen-bond donors (Lipinski definition) is 1. The molecule has 3 heterocycles. The topological polar surface area (TPSA) is 75.7 Å². The lowest BCUT2D eigenvalue weighted by atomic mass is 9.94. The fraction of sp³-hybridized carbons (Fsp3) is 0.591. The van der Waals surface area contributed by atoms with Gasteiger partial charge in [0.25, 0.3) is 5.91 Å². The predicted molar refractivity (Wildman–Crippen MR) is 103 cm³/mol. The number of piperidine rings is 1. The highest BCUT2D eigenvalue weighted by Gasteiger charge is 2.39.